The number of benzene rings is 2. The number of carbonyl (C=O) groups is 2. The molecule has 7 heteroatoms. The van der Waals surface area contributed by atoms with Crippen LogP contribution in [-0.2, 0) is 9.59 Å². The molecule has 2 aromatic carbocycles. The van der Waals surface area contributed by atoms with Gasteiger partial charge in [-0.1, -0.05) is 67.8 Å². The van der Waals surface area contributed by atoms with Gasteiger partial charge in [-0.25, -0.2) is 4.99 Å². The fourth-order valence-electron chi connectivity index (χ4n) is 4.47. The van der Waals surface area contributed by atoms with Crippen LogP contribution in [0.15, 0.2) is 59.2 Å². The van der Waals surface area contributed by atoms with E-state index in [1.807, 2.05) is 69.3 Å². The van der Waals surface area contributed by atoms with E-state index in [2.05, 4.69) is 5.32 Å². The Labute approximate surface area is 218 Å². The SMILES string of the molecule is CCOc1ccc(N2C(=O)/C(=C/c3ccc(C)cc3)N=C2S[C@H](CC)C(=O)NC2CCCCC2)cc1. The number of ether oxygens (including phenoxy) is 1. The van der Waals surface area contributed by atoms with Crippen molar-refractivity contribution in [1.82, 2.24) is 5.32 Å². The average molecular weight is 506 g/mol. The molecular weight excluding hydrogens is 470 g/mol. The highest BCUT2D eigenvalue weighted by molar-refractivity contribution is 8.15. The van der Waals surface area contributed by atoms with E-state index < -0.39 is 0 Å². The van der Waals surface area contributed by atoms with Gasteiger partial charge in [-0.2, -0.15) is 0 Å². The number of hydrogen-bond donors (Lipinski definition) is 1. The van der Waals surface area contributed by atoms with E-state index in [9.17, 15) is 9.59 Å². The second kappa shape index (κ2) is 12.3. The number of hydrogen-bond acceptors (Lipinski definition) is 5. The molecule has 4 rings (SSSR count). The zero-order valence-electron chi connectivity index (χ0n) is 21.3. The third-order valence-electron chi connectivity index (χ3n) is 6.48. The Morgan fingerprint density at radius 2 is 1.81 bits per heavy atom. The van der Waals surface area contributed by atoms with Crippen molar-refractivity contribution in [3.05, 3.63) is 65.4 Å². The lowest BCUT2D eigenvalue weighted by Crippen LogP contribution is -2.42. The van der Waals surface area contributed by atoms with Crippen LogP contribution in [0.5, 0.6) is 5.75 Å². The predicted molar refractivity (Wildman–Crippen MR) is 148 cm³/mol. The molecule has 1 heterocycles. The van der Waals surface area contributed by atoms with Gasteiger partial charge in [0.15, 0.2) is 5.17 Å². The largest absolute Gasteiger partial charge is 0.494 e. The molecule has 1 N–H and O–H groups in total. The Hall–Kier alpha value is -3.06. The fraction of sp³-hybridized carbons (Fsp3) is 0.414. The van der Waals surface area contributed by atoms with Crippen LogP contribution in [0.1, 0.15) is 63.5 Å². The van der Waals surface area contributed by atoms with E-state index >= 15 is 0 Å². The number of amidine groups is 1. The highest BCUT2D eigenvalue weighted by Gasteiger charge is 2.35. The van der Waals surface area contributed by atoms with Crippen molar-refractivity contribution >= 4 is 40.5 Å². The summed E-state index contributed by atoms with van der Waals surface area (Å²) in [5.74, 6) is 0.560. The summed E-state index contributed by atoms with van der Waals surface area (Å²) in [6.07, 6.45) is 8.08. The molecule has 2 aromatic rings. The lowest BCUT2D eigenvalue weighted by atomic mass is 9.95. The van der Waals surface area contributed by atoms with Crippen molar-refractivity contribution in [2.45, 2.75) is 70.6 Å². The first kappa shape index (κ1) is 26.0. The number of aliphatic imine (C=N–C) groups is 1. The van der Waals surface area contributed by atoms with Crippen molar-refractivity contribution in [2.24, 2.45) is 4.99 Å². The number of thioether (sulfide) groups is 1. The van der Waals surface area contributed by atoms with Crippen LogP contribution in [0.2, 0.25) is 0 Å². The van der Waals surface area contributed by atoms with E-state index in [0.717, 1.165) is 42.6 Å². The summed E-state index contributed by atoms with van der Waals surface area (Å²) in [6, 6.07) is 15.6. The molecule has 190 valence electrons. The fourth-order valence-corrected chi connectivity index (χ4v) is 5.51. The van der Waals surface area contributed by atoms with Gasteiger partial charge in [0.2, 0.25) is 5.91 Å². The Kier molecular flexibility index (Phi) is 8.86. The molecule has 0 saturated heterocycles. The van der Waals surface area contributed by atoms with Crippen molar-refractivity contribution in [3.8, 4) is 5.75 Å². The van der Waals surface area contributed by atoms with Gasteiger partial charge < -0.3 is 10.1 Å². The molecule has 0 spiro atoms. The normalized spacial score (nSPS) is 18.3. The first-order chi connectivity index (χ1) is 17.5. The maximum absolute atomic E-state index is 13.6. The number of aryl methyl sites for hydroxylation is 1. The summed E-state index contributed by atoms with van der Waals surface area (Å²) in [7, 11) is 0. The van der Waals surface area contributed by atoms with Crippen LogP contribution in [-0.4, -0.2) is 34.9 Å². The zero-order valence-corrected chi connectivity index (χ0v) is 22.1. The summed E-state index contributed by atoms with van der Waals surface area (Å²) < 4.78 is 5.57. The molecular formula is C29H35N3O3S. The van der Waals surface area contributed by atoms with Crippen LogP contribution in [0.3, 0.4) is 0 Å². The Balaban J connectivity index is 1.60. The minimum Gasteiger partial charge on any atom is -0.494 e. The van der Waals surface area contributed by atoms with E-state index in [1.165, 1.54) is 18.2 Å². The van der Waals surface area contributed by atoms with Crippen LogP contribution >= 0.6 is 11.8 Å². The van der Waals surface area contributed by atoms with Gasteiger partial charge in [0.05, 0.1) is 17.5 Å². The topological polar surface area (TPSA) is 71.0 Å². The predicted octanol–water partition coefficient (Wildman–Crippen LogP) is 6.10. The van der Waals surface area contributed by atoms with Gasteiger partial charge in [0.25, 0.3) is 5.91 Å². The lowest BCUT2D eigenvalue weighted by molar-refractivity contribution is -0.121. The van der Waals surface area contributed by atoms with Gasteiger partial charge >= 0.3 is 0 Å². The maximum Gasteiger partial charge on any atom is 0.283 e. The third-order valence-corrected chi connectivity index (χ3v) is 7.80. The summed E-state index contributed by atoms with van der Waals surface area (Å²) >= 11 is 1.36. The first-order valence-corrected chi connectivity index (χ1v) is 13.8. The maximum atomic E-state index is 13.6. The number of nitrogens with zero attached hydrogens (tertiary/aromatic N) is 2. The van der Waals surface area contributed by atoms with Crippen LogP contribution < -0.4 is 15.0 Å². The summed E-state index contributed by atoms with van der Waals surface area (Å²) in [5.41, 5.74) is 3.12. The smallest absolute Gasteiger partial charge is 0.283 e. The second-order valence-electron chi connectivity index (χ2n) is 9.26. The van der Waals surface area contributed by atoms with Crippen LogP contribution in [0, 0.1) is 6.92 Å². The molecule has 6 nitrogen and oxygen atoms in total. The summed E-state index contributed by atoms with van der Waals surface area (Å²) in [6.45, 7) is 6.54. The quantitative estimate of drug-likeness (QED) is 0.440. The number of rotatable bonds is 8. The van der Waals surface area contributed by atoms with Crippen molar-refractivity contribution < 1.29 is 14.3 Å². The molecule has 1 aliphatic carbocycles. The third kappa shape index (κ3) is 6.38. The van der Waals surface area contributed by atoms with E-state index in [1.54, 1.807) is 11.0 Å². The van der Waals surface area contributed by atoms with E-state index in [0.29, 0.717) is 29.6 Å². The molecule has 2 aliphatic rings. The molecule has 0 unspecified atom stereocenters. The molecule has 0 bridgehead atoms. The molecule has 0 aromatic heterocycles. The number of anilines is 1. The lowest BCUT2D eigenvalue weighted by Gasteiger charge is -2.26. The van der Waals surface area contributed by atoms with Crippen LogP contribution in [0.4, 0.5) is 5.69 Å². The Morgan fingerprint density at radius 3 is 2.44 bits per heavy atom. The minimum atomic E-state index is -0.331. The summed E-state index contributed by atoms with van der Waals surface area (Å²) in [5, 5.41) is 3.43. The van der Waals surface area contributed by atoms with Gasteiger partial charge in [-0.15, -0.1) is 0 Å². The first-order valence-electron chi connectivity index (χ1n) is 12.9. The highest BCUT2D eigenvalue weighted by atomic mass is 32.2. The Bertz CT molecular complexity index is 1120. The molecule has 0 radical (unpaired) electrons. The van der Waals surface area contributed by atoms with E-state index in [4.69, 9.17) is 9.73 Å². The highest BCUT2D eigenvalue weighted by Crippen LogP contribution is 2.33. The number of carbonyl (C=O) groups excluding carboxylic acids is 2. The molecule has 1 atom stereocenters. The average Bonchev–Trinajstić information content (AvgIpc) is 3.19. The van der Waals surface area contributed by atoms with Crippen molar-refractivity contribution in [1.29, 1.82) is 0 Å². The van der Waals surface area contributed by atoms with Gasteiger partial charge in [-0.3, -0.25) is 14.5 Å². The molecule has 36 heavy (non-hydrogen) atoms. The van der Waals surface area contributed by atoms with Gasteiger partial charge in [0, 0.05) is 6.04 Å². The van der Waals surface area contributed by atoms with Crippen molar-refractivity contribution in [3.63, 3.8) is 0 Å². The number of amides is 2. The molecule has 1 saturated carbocycles. The Morgan fingerprint density at radius 1 is 1.11 bits per heavy atom. The van der Waals surface area contributed by atoms with Crippen LogP contribution in [0.25, 0.3) is 6.08 Å². The minimum absolute atomic E-state index is 0.0205. The molecule has 1 aliphatic heterocycles. The summed E-state index contributed by atoms with van der Waals surface area (Å²) in [4.78, 5) is 33.0. The number of nitrogens with one attached hydrogen (secondary N) is 1. The second-order valence-corrected chi connectivity index (χ2v) is 10.4. The molecule has 2 amide bonds. The molecule has 1 fully saturated rings. The van der Waals surface area contributed by atoms with E-state index in [-0.39, 0.29) is 23.1 Å². The van der Waals surface area contributed by atoms with Gasteiger partial charge in [-0.05, 0) is 69.0 Å². The zero-order chi connectivity index (χ0) is 25.5. The standard InChI is InChI=1S/C29H35N3O3S/c1-4-26(27(33)30-22-9-7-6-8-10-22)36-29-31-25(19-21-13-11-20(3)12-14-21)28(34)32(29)23-15-17-24(18-16-23)35-5-2/h11-19,22,26H,4-10H2,1-3H3,(H,30,33)/b25-19-/t26-/m1/s1. The van der Waals surface area contributed by atoms with Crippen molar-refractivity contribution in [2.75, 3.05) is 11.5 Å². The monoisotopic (exact) mass is 505 g/mol. The van der Waals surface area contributed by atoms with Gasteiger partial charge in [0.1, 0.15) is 11.4 Å².